The Morgan fingerprint density at radius 1 is 0.767 bits per heavy atom. The van der Waals surface area contributed by atoms with Crippen molar-refractivity contribution in [2.24, 2.45) is 22.2 Å². The van der Waals surface area contributed by atoms with Crippen LogP contribution in [-0.2, 0) is 59.4 Å². The van der Waals surface area contributed by atoms with Crippen molar-refractivity contribution in [2.75, 3.05) is 20.7 Å². The Kier molecular flexibility index (Phi) is 11.3. The normalized spacial score (nSPS) is 30.6. The van der Waals surface area contributed by atoms with Crippen LogP contribution in [0.25, 0.3) is 0 Å². The molecule has 0 amide bonds. The summed E-state index contributed by atoms with van der Waals surface area (Å²) >= 11 is 0. The fourth-order valence-electron chi connectivity index (χ4n) is 8.81. The molecule has 324 valence electrons. The van der Waals surface area contributed by atoms with Gasteiger partial charge in [0, 0.05) is 22.9 Å². The second-order valence-electron chi connectivity index (χ2n) is 19.6. The van der Waals surface area contributed by atoms with Gasteiger partial charge in [-0.25, -0.2) is 9.59 Å². The van der Waals surface area contributed by atoms with Crippen LogP contribution in [0.1, 0.15) is 90.2 Å². The molecule has 0 radical (unpaired) electrons. The molecule has 2 saturated heterocycles. The zero-order valence-electron chi connectivity index (χ0n) is 36.3. The number of hydrogen-bond donors (Lipinski definition) is 0. The molecule has 60 heavy (non-hydrogen) atoms. The van der Waals surface area contributed by atoms with Gasteiger partial charge in [-0.15, -0.1) is 0 Å². The molecule has 14 heteroatoms. The monoisotopic (exact) mass is 831 g/mol. The molecular formula is C46H57NO13. The number of piperidine rings is 1. The Balaban J connectivity index is 1.32. The number of esters is 5. The molecule has 0 unspecified atom stereocenters. The van der Waals surface area contributed by atoms with Crippen LogP contribution in [0.15, 0.2) is 54.6 Å². The van der Waals surface area contributed by atoms with Crippen molar-refractivity contribution in [3.8, 4) is 11.5 Å². The molecular weight excluding hydrogens is 774 g/mol. The highest BCUT2D eigenvalue weighted by atomic mass is 16.7. The topological polar surface area (TPSA) is 162 Å². The van der Waals surface area contributed by atoms with E-state index in [1.165, 1.54) is 0 Å². The Morgan fingerprint density at radius 3 is 1.97 bits per heavy atom. The second-order valence-corrected chi connectivity index (χ2v) is 19.6. The summed E-state index contributed by atoms with van der Waals surface area (Å²) in [5.74, 6) is -2.90. The smallest absolute Gasteiger partial charge is 0.343 e. The molecule has 0 saturated carbocycles. The maximum atomic E-state index is 13.8. The van der Waals surface area contributed by atoms with Crippen LogP contribution in [0.5, 0.6) is 11.5 Å². The number of carbonyl (C=O) groups is 5. The first kappa shape index (κ1) is 43.3. The van der Waals surface area contributed by atoms with Crippen LogP contribution in [-0.4, -0.2) is 104 Å². The Morgan fingerprint density at radius 2 is 1.37 bits per heavy atom. The number of carbonyl (C=O) groups excluding carboxylic acids is 5. The first-order valence-electron chi connectivity index (χ1n) is 20.6. The molecule has 0 N–H and O–H groups in total. The predicted octanol–water partition coefficient (Wildman–Crippen LogP) is 5.51. The lowest BCUT2D eigenvalue weighted by Crippen LogP contribution is -2.67. The van der Waals surface area contributed by atoms with E-state index in [2.05, 4.69) is 18.0 Å². The van der Waals surface area contributed by atoms with Gasteiger partial charge in [-0.1, -0.05) is 36.4 Å². The maximum absolute atomic E-state index is 13.8. The number of likely N-dealkylation sites (tertiary alicyclic amines) is 1. The summed E-state index contributed by atoms with van der Waals surface area (Å²) in [7, 11) is 3.26. The zero-order valence-corrected chi connectivity index (χ0v) is 36.3. The lowest BCUT2D eigenvalue weighted by Gasteiger charge is -2.57. The van der Waals surface area contributed by atoms with E-state index in [9.17, 15) is 24.0 Å². The van der Waals surface area contributed by atoms with Gasteiger partial charge < -0.3 is 42.8 Å². The number of methoxy groups -OCH3 is 1. The summed E-state index contributed by atoms with van der Waals surface area (Å²) in [5, 5.41) is 0. The number of likely N-dealkylation sites (N-methyl/N-ethyl adjacent to an activating group) is 1. The van der Waals surface area contributed by atoms with Gasteiger partial charge in [0.25, 0.3) is 0 Å². The summed E-state index contributed by atoms with van der Waals surface area (Å²) < 4.78 is 49.7. The average Bonchev–Trinajstić information content (AvgIpc) is 3.54. The van der Waals surface area contributed by atoms with E-state index < -0.39 is 94.4 Å². The van der Waals surface area contributed by atoms with Gasteiger partial charge in [0.1, 0.15) is 12.2 Å². The standard InChI is InChI=1S/C46H57NO13/c1-43(2,3)40(50)58-32-33(59-41(51)44(4,5)6)35(60-42(52)45(7,8)9)39(57-34(32)38(49)53-11)55-29-20-18-26-27-23-25-17-19-28(54-37(48)24-15-13-12-14-16-24)31-30(25)46(26,36(29)56-31)21-22-47(27)10/h12-20,26-27,29,32-36,39H,21-23H2,1-11H3/t26-,27+,29-,32-,33-,34-,35+,36-,39+,46-/m0/s1. The highest BCUT2D eigenvalue weighted by Gasteiger charge is 2.66. The first-order chi connectivity index (χ1) is 28.1. The van der Waals surface area contributed by atoms with Gasteiger partial charge in [-0.3, -0.25) is 14.4 Å². The van der Waals surface area contributed by atoms with E-state index >= 15 is 0 Å². The van der Waals surface area contributed by atoms with Crippen LogP contribution >= 0.6 is 0 Å². The molecule has 5 aliphatic rings. The molecule has 10 atom stereocenters. The van der Waals surface area contributed by atoms with E-state index in [0.29, 0.717) is 17.7 Å². The van der Waals surface area contributed by atoms with E-state index in [-0.39, 0.29) is 17.7 Å². The average molecular weight is 832 g/mol. The Bertz CT molecular complexity index is 2060. The van der Waals surface area contributed by atoms with Gasteiger partial charge in [-0.05, 0) is 113 Å². The van der Waals surface area contributed by atoms with Crippen molar-refractivity contribution in [3.05, 3.63) is 71.3 Å². The Labute approximate surface area is 351 Å². The van der Waals surface area contributed by atoms with Crippen molar-refractivity contribution >= 4 is 29.8 Å². The second kappa shape index (κ2) is 15.6. The van der Waals surface area contributed by atoms with E-state index in [1.54, 1.807) is 92.6 Å². The Hall–Kier alpha value is -4.79. The van der Waals surface area contributed by atoms with Crippen LogP contribution in [0.2, 0.25) is 0 Å². The molecule has 2 aliphatic carbocycles. The summed E-state index contributed by atoms with van der Waals surface area (Å²) in [6, 6.07) is 12.6. The molecule has 3 aliphatic heterocycles. The molecule has 2 bridgehead atoms. The summed E-state index contributed by atoms with van der Waals surface area (Å²) in [5.41, 5.74) is -1.40. The number of hydrogen-bond acceptors (Lipinski definition) is 14. The van der Waals surface area contributed by atoms with E-state index in [0.717, 1.165) is 31.2 Å². The number of ether oxygens (including phenoxy) is 8. The lowest BCUT2D eigenvalue weighted by atomic mass is 9.53. The fourth-order valence-corrected chi connectivity index (χ4v) is 8.81. The maximum Gasteiger partial charge on any atom is 0.343 e. The SMILES string of the molecule is COC(=O)[C@H]1O[C@@H](O[C@H]2C=C[C@H]3[C@H]4Cc5ccc(OC(=O)c6ccccc6)c6c5[C@@]3(CCN4C)[C@H]2O6)[C@H](OC(=O)C(C)(C)C)[C@@H](OC(=O)C(C)(C)C)[C@@H]1OC(=O)C(C)(C)C. The number of rotatable bonds is 8. The van der Waals surface area contributed by atoms with Crippen LogP contribution < -0.4 is 9.47 Å². The molecule has 2 fully saturated rings. The number of benzene rings is 2. The third-order valence-corrected chi connectivity index (χ3v) is 12.1. The fraction of sp³-hybridized carbons (Fsp3) is 0.587. The van der Waals surface area contributed by atoms with Gasteiger partial charge in [0.05, 0.1) is 28.9 Å². The highest BCUT2D eigenvalue weighted by Crippen LogP contribution is 2.63. The summed E-state index contributed by atoms with van der Waals surface area (Å²) in [6.07, 6.45) is -4.21. The minimum Gasteiger partial charge on any atom is -0.482 e. The molecule has 1 spiro atoms. The van der Waals surface area contributed by atoms with Gasteiger partial charge in [0.15, 0.2) is 35.9 Å². The number of nitrogens with zero attached hydrogens (tertiary/aromatic N) is 1. The molecule has 7 rings (SSSR count). The van der Waals surface area contributed by atoms with E-state index in [4.69, 9.17) is 37.9 Å². The van der Waals surface area contributed by atoms with Crippen molar-refractivity contribution in [1.82, 2.24) is 4.90 Å². The summed E-state index contributed by atoms with van der Waals surface area (Å²) in [4.78, 5) is 70.5. The minimum atomic E-state index is -1.67. The van der Waals surface area contributed by atoms with E-state index in [1.807, 2.05) is 18.2 Å². The van der Waals surface area contributed by atoms with Crippen molar-refractivity contribution in [1.29, 1.82) is 0 Å². The molecule has 3 heterocycles. The van der Waals surface area contributed by atoms with Crippen molar-refractivity contribution < 1.29 is 61.9 Å². The highest BCUT2D eigenvalue weighted by molar-refractivity contribution is 5.91. The van der Waals surface area contributed by atoms with Crippen LogP contribution in [0.3, 0.4) is 0 Å². The largest absolute Gasteiger partial charge is 0.482 e. The van der Waals surface area contributed by atoms with Crippen molar-refractivity contribution in [2.45, 2.75) is 130 Å². The third-order valence-electron chi connectivity index (χ3n) is 12.1. The lowest BCUT2D eigenvalue weighted by molar-refractivity contribution is -0.316. The van der Waals surface area contributed by atoms with Gasteiger partial charge in [0.2, 0.25) is 6.29 Å². The van der Waals surface area contributed by atoms with Crippen LogP contribution in [0, 0.1) is 22.2 Å². The quantitative estimate of drug-likeness (QED) is 0.142. The minimum absolute atomic E-state index is 0.0128. The zero-order chi connectivity index (χ0) is 43.7. The summed E-state index contributed by atoms with van der Waals surface area (Å²) in [6.45, 7) is 15.5. The van der Waals surface area contributed by atoms with Gasteiger partial charge >= 0.3 is 29.8 Å². The van der Waals surface area contributed by atoms with Crippen molar-refractivity contribution in [3.63, 3.8) is 0 Å². The third kappa shape index (κ3) is 7.70. The first-order valence-corrected chi connectivity index (χ1v) is 20.6. The van der Waals surface area contributed by atoms with Crippen LogP contribution in [0.4, 0.5) is 0 Å². The predicted molar refractivity (Wildman–Crippen MR) is 215 cm³/mol. The molecule has 2 aromatic carbocycles. The van der Waals surface area contributed by atoms with Gasteiger partial charge in [-0.2, -0.15) is 0 Å². The molecule has 0 aromatic heterocycles. The molecule has 14 nitrogen and oxygen atoms in total. The molecule has 2 aromatic rings.